The Labute approximate surface area is 189 Å². The molecule has 0 radical (unpaired) electrons. The van der Waals surface area contributed by atoms with Gasteiger partial charge in [-0.05, 0) is 43.0 Å². The van der Waals surface area contributed by atoms with Gasteiger partial charge in [-0.3, -0.25) is 9.28 Å². The third kappa shape index (κ3) is 4.47. The average Bonchev–Trinajstić information content (AvgIpc) is 3.29. The van der Waals surface area contributed by atoms with Crippen LogP contribution in [0.1, 0.15) is 35.4 Å². The molecule has 4 rings (SSSR count). The van der Waals surface area contributed by atoms with E-state index in [-0.39, 0.29) is 6.42 Å². The molecule has 1 aliphatic carbocycles. The highest BCUT2D eigenvalue weighted by Crippen LogP contribution is 2.42. The van der Waals surface area contributed by atoms with Crippen LogP contribution >= 0.6 is 0 Å². The monoisotopic (exact) mass is 435 g/mol. The molecule has 168 valence electrons. The molecular weight excluding hydrogens is 404 g/mol. The van der Waals surface area contributed by atoms with Gasteiger partial charge in [0.15, 0.2) is 0 Å². The number of aromatic nitrogens is 1. The molecule has 1 aliphatic rings. The number of hydrogen-bond donors (Lipinski definition) is 1. The fourth-order valence-electron chi connectivity index (χ4n) is 4.47. The standard InChI is InChI=1S/C26H30N2O4/c1-18-23(27-25(32-18)20-9-7-10-21(16-20)28(2,3)4)13-15-31-26(17-24(29)30)14-12-19-8-5-6-11-22(19)26/h5-11,16H,12-15,17H2,1-4H3/p+1/t26-/m0/s1. The first-order valence-corrected chi connectivity index (χ1v) is 11.0. The lowest BCUT2D eigenvalue weighted by Crippen LogP contribution is -2.34. The van der Waals surface area contributed by atoms with Gasteiger partial charge >= 0.3 is 5.97 Å². The largest absolute Gasteiger partial charge is 0.481 e. The molecule has 2 aromatic carbocycles. The molecule has 1 N–H and O–H groups in total. The molecule has 0 saturated heterocycles. The third-order valence-corrected chi connectivity index (χ3v) is 6.22. The SMILES string of the molecule is Cc1oc(-c2cccc([N+](C)(C)C)c2)nc1CCO[C@]1(CC(=O)O)CCc2ccccc21. The topological polar surface area (TPSA) is 72.6 Å². The van der Waals surface area contributed by atoms with Crippen molar-refractivity contribution in [3.05, 3.63) is 71.1 Å². The molecule has 1 atom stereocenters. The summed E-state index contributed by atoms with van der Waals surface area (Å²) in [7, 11) is 6.37. The molecule has 0 amide bonds. The van der Waals surface area contributed by atoms with Gasteiger partial charge in [0.05, 0.1) is 39.9 Å². The summed E-state index contributed by atoms with van der Waals surface area (Å²) in [4.78, 5) is 16.3. The summed E-state index contributed by atoms with van der Waals surface area (Å²) < 4.78 is 13.0. The van der Waals surface area contributed by atoms with Gasteiger partial charge in [-0.25, -0.2) is 4.98 Å². The maximum Gasteiger partial charge on any atom is 0.306 e. The molecule has 0 bridgehead atoms. The van der Waals surface area contributed by atoms with Crippen molar-refractivity contribution in [3.63, 3.8) is 0 Å². The van der Waals surface area contributed by atoms with E-state index in [0.29, 0.717) is 29.8 Å². The number of carbonyl (C=O) groups is 1. The summed E-state index contributed by atoms with van der Waals surface area (Å²) in [5.74, 6) is 0.511. The van der Waals surface area contributed by atoms with Crippen molar-refractivity contribution in [3.8, 4) is 11.5 Å². The smallest absolute Gasteiger partial charge is 0.306 e. The highest BCUT2D eigenvalue weighted by molar-refractivity contribution is 5.69. The molecular formula is C26H31N2O4+. The van der Waals surface area contributed by atoms with E-state index in [2.05, 4.69) is 39.3 Å². The summed E-state index contributed by atoms with van der Waals surface area (Å²) >= 11 is 0. The number of oxazole rings is 1. The lowest BCUT2D eigenvalue weighted by molar-refractivity contribution is -0.146. The van der Waals surface area contributed by atoms with Gasteiger partial charge in [-0.15, -0.1) is 0 Å². The van der Waals surface area contributed by atoms with Crippen LogP contribution in [0.2, 0.25) is 0 Å². The molecule has 1 heterocycles. The van der Waals surface area contributed by atoms with Crippen molar-refractivity contribution >= 4 is 11.7 Å². The van der Waals surface area contributed by atoms with Crippen LogP contribution in [0.15, 0.2) is 52.9 Å². The lowest BCUT2D eigenvalue weighted by Gasteiger charge is -2.29. The second kappa shape index (κ2) is 8.52. The Hall–Kier alpha value is -2.96. The molecule has 32 heavy (non-hydrogen) atoms. The van der Waals surface area contributed by atoms with Gasteiger partial charge in [-0.1, -0.05) is 30.3 Å². The molecule has 1 aromatic heterocycles. The van der Waals surface area contributed by atoms with Crippen LogP contribution in [0.4, 0.5) is 5.69 Å². The predicted octanol–water partition coefficient (Wildman–Crippen LogP) is 4.72. The fourth-order valence-corrected chi connectivity index (χ4v) is 4.47. The van der Waals surface area contributed by atoms with Gasteiger partial charge in [-0.2, -0.15) is 0 Å². The highest BCUT2D eigenvalue weighted by atomic mass is 16.5. The molecule has 3 aromatic rings. The average molecular weight is 436 g/mol. The van der Waals surface area contributed by atoms with Crippen molar-refractivity contribution in [2.24, 2.45) is 0 Å². The first-order chi connectivity index (χ1) is 15.2. The zero-order valence-electron chi connectivity index (χ0n) is 19.2. The Morgan fingerprint density at radius 2 is 1.97 bits per heavy atom. The Morgan fingerprint density at radius 1 is 1.19 bits per heavy atom. The lowest BCUT2D eigenvalue weighted by atomic mass is 9.92. The normalized spacial score (nSPS) is 18.0. The van der Waals surface area contributed by atoms with Gasteiger partial charge in [0.25, 0.3) is 0 Å². The summed E-state index contributed by atoms with van der Waals surface area (Å²) in [6.45, 7) is 2.29. The summed E-state index contributed by atoms with van der Waals surface area (Å²) in [5.41, 5.74) is 4.34. The van der Waals surface area contributed by atoms with Gasteiger partial charge in [0.2, 0.25) is 5.89 Å². The van der Waals surface area contributed by atoms with Crippen LogP contribution in [-0.4, -0.2) is 43.8 Å². The Bertz CT molecular complexity index is 1130. The van der Waals surface area contributed by atoms with Crippen molar-refractivity contribution in [1.82, 2.24) is 9.47 Å². The van der Waals surface area contributed by atoms with Crippen LogP contribution in [0.5, 0.6) is 0 Å². The van der Waals surface area contributed by atoms with E-state index in [1.54, 1.807) is 0 Å². The number of quaternary nitrogens is 1. The zero-order valence-corrected chi connectivity index (χ0v) is 19.2. The van der Waals surface area contributed by atoms with E-state index in [1.807, 2.05) is 37.3 Å². The number of fused-ring (bicyclic) bond motifs is 1. The van der Waals surface area contributed by atoms with Crippen LogP contribution in [-0.2, 0) is 28.0 Å². The predicted molar refractivity (Wildman–Crippen MR) is 125 cm³/mol. The number of ether oxygens (including phenoxy) is 1. The Kier molecular flexibility index (Phi) is 5.93. The van der Waals surface area contributed by atoms with Gasteiger partial charge in [0, 0.05) is 18.1 Å². The minimum absolute atomic E-state index is 0.0368. The summed E-state index contributed by atoms with van der Waals surface area (Å²) in [6.07, 6.45) is 2.04. The Balaban J connectivity index is 1.50. The van der Waals surface area contributed by atoms with E-state index >= 15 is 0 Å². The molecule has 0 saturated carbocycles. The molecule has 0 fully saturated rings. The quantitative estimate of drug-likeness (QED) is 0.518. The maximum atomic E-state index is 11.6. The van der Waals surface area contributed by atoms with Crippen LogP contribution in [0.3, 0.4) is 0 Å². The number of aryl methyl sites for hydroxylation is 2. The van der Waals surface area contributed by atoms with Crippen molar-refractivity contribution in [1.29, 1.82) is 0 Å². The van der Waals surface area contributed by atoms with Crippen molar-refractivity contribution in [2.75, 3.05) is 27.7 Å². The molecule has 0 unspecified atom stereocenters. The third-order valence-electron chi connectivity index (χ3n) is 6.22. The minimum atomic E-state index is -0.848. The highest BCUT2D eigenvalue weighted by Gasteiger charge is 2.41. The van der Waals surface area contributed by atoms with E-state index < -0.39 is 11.6 Å². The van der Waals surface area contributed by atoms with Crippen LogP contribution in [0, 0.1) is 6.92 Å². The second-order valence-electron chi connectivity index (χ2n) is 9.41. The summed E-state index contributed by atoms with van der Waals surface area (Å²) in [5, 5.41) is 9.53. The Morgan fingerprint density at radius 3 is 2.72 bits per heavy atom. The zero-order chi connectivity index (χ0) is 22.9. The van der Waals surface area contributed by atoms with E-state index in [1.165, 1.54) is 11.3 Å². The molecule has 6 heteroatoms. The first-order valence-electron chi connectivity index (χ1n) is 11.0. The number of nitrogens with zero attached hydrogens (tertiary/aromatic N) is 2. The van der Waals surface area contributed by atoms with Gasteiger partial charge in [0.1, 0.15) is 17.0 Å². The number of aliphatic carboxylic acids is 1. The molecule has 0 aliphatic heterocycles. The van der Waals surface area contributed by atoms with E-state index in [0.717, 1.165) is 29.0 Å². The van der Waals surface area contributed by atoms with Crippen molar-refractivity contribution < 1.29 is 19.1 Å². The fraction of sp³-hybridized carbons (Fsp3) is 0.385. The summed E-state index contributed by atoms with van der Waals surface area (Å²) in [6, 6.07) is 16.2. The number of benzene rings is 2. The van der Waals surface area contributed by atoms with E-state index in [4.69, 9.17) is 14.1 Å². The number of rotatable bonds is 8. The molecule has 6 nitrogen and oxygen atoms in total. The maximum absolute atomic E-state index is 11.6. The van der Waals surface area contributed by atoms with Gasteiger partial charge < -0.3 is 14.3 Å². The number of hydrogen-bond acceptors (Lipinski definition) is 4. The van der Waals surface area contributed by atoms with Crippen molar-refractivity contribution in [2.45, 2.75) is 38.2 Å². The van der Waals surface area contributed by atoms with Crippen LogP contribution in [0.25, 0.3) is 11.5 Å². The number of carboxylic acids is 1. The number of carboxylic acid groups (broad SMARTS) is 1. The van der Waals surface area contributed by atoms with Crippen LogP contribution < -0.4 is 4.48 Å². The molecule has 0 spiro atoms. The first kappa shape index (κ1) is 22.2. The van der Waals surface area contributed by atoms with E-state index in [9.17, 15) is 9.90 Å². The second-order valence-corrected chi connectivity index (χ2v) is 9.41. The minimum Gasteiger partial charge on any atom is -0.481 e.